The van der Waals surface area contributed by atoms with Crippen LogP contribution in [0.15, 0.2) is 52.4 Å². The summed E-state index contributed by atoms with van der Waals surface area (Å²) >= 11 is 1.33. The Hall–Kier alpha value is -2.97. The van der Waals surface area contributed by atoms with Crippen molar-refractivity contribution in [1.29, 1.82) is 0 Å². The van der Waals surface area contributed by atoms with Gasteiger partial charge in [-0.3, -0.25) is 9.69 Å². The molecule has 0 atom stereocenters. The predicted molar refractivity (Wildman–Crippen MR) is 116 cm³/mol. The van der Waals surface area contributed by atoms with E-state index in [9.17, 15) is 4.79 Å². The molecule has 0 radical (unpaired) electrons. The highest BCUT2D eigenvalue weighted by molar-refractivity contribution is 8.18. The van der Waals surface area contributed by atoms with Crippen molar-refractivity contribution in [3.63, 3.8) is 0 Å². The molecule has 0 saturated carbocycles. The van der Waals surface area contributed by atoms with E-state index in [4.69, 9.17) is 18.9 Å². The lowest BCUT2D eigenvalue weighted by Gasteiger charge is -2.15. The second-order valence-corrected chi connectivity index (χ2v) is 7.45. The van der Waals surface area contributed by atoms with Crippen LogP contribution < -0.4 is 14.2 Å². The van der Waals surface area contributed by atoms with Gasteiger partial charge in [0.1, 0.15) is 5.75 Å². The summed E-state index contributed by atoms with van der Waals surface area (Å²) in [5.74, 6) is 1.75. The van der Waals surface area contributed by atoms with E-state index in [1.807, 2.05) is 43.3 Å². The molecular formula is C22H22N2O5S. The van der Waals surface area contributed by atoms with Gasteiger partial charge in [0.05, 0.1) is 30.9 Å². The van der Waals surface area contributed by atoms with Crippen LogP contribution in [0, 0.1) is 0 Å². The fraction of sp³-hybridized carbons (Fsp3) is 0.273. The van der Waals surface area contributed by atoms with Crippen LogP contribution in [0.25, 0.3) is 6.08 Å². The summed E-state index contributed by atoms with van der Waals surface area (Å²) in [5.41, 5.74) is 1.53. The molecule has 7 nitrogen and oxygen atoms in total. The topological polar surface area (TPSA) is 69.6 Å². The third kappa shape index (κ3) is 4.29. The molecule has 0 unspecified atom stereocenters. The number of amides is 1. The standard InChI is InChI=1S/C22H22N2O5S/c1-3-27-10-9-24-21(25)20(30-22(24)23-16-7-5-4-6-8-16)12-15-11-18-19(29-14-28-18)13-17(15)26-2/h4-8,11-13H,3,9-10,14H2,1-2H3/b20-12-,23-22?. The van der Waals surface area contributed by atoms with Crippen molar-refractivity contribution in [3.05, 3.63) is 52.9 Å². The zero-order valence-corrected chi connectivity index (χ0v) is 17.6. The highest BCUT2D eigenvalue weighted by Crippen LogP contribution is 2.41. The average Bonchev–Trinajstić information content (AvgIpc) is 3.33. The Balaban J connectivity index is 1.67. The molecule has 0 N–H and O–H groups in total. The first-order valence-corrected chi connectivity index (χ1v) is 10.4. The minimum Gasteiger partial charge on any atom is -0.496 e. The highest BCUT2D eigenvalue weighted by atomic mass is 32.2. The van der Waals surface area contributed by atoms with Gasteiger partial charge in [-0.1, -0.05) is 18.2 Å². The fourth-order valence-corrected chi connectivity index (χ4v) is 4.09. The van der Waals surface area contributed by atoms with E-state index >= 15 is 0 Å². The SMILES string of the molecule is CCOCCN1C(=O)/C(=C/c2cc3c(cc2OC)OCO3)SC1=Nc1ccccc1. The molecular weight excluding hydrogens is 404 g/mol. The lowest BCUT2D eigenvalue weighted by Crippen LogP contribution is -2.32. The number of carbonyl (C=O) groups excluding carboxylic acids is 1. The van der Waals surface area contributed by atoms with Crippen LogP contribution in [0.5, 0.6) is 17.2 Å². The summed E-state index contributed by atoms with van der Waals surface area (Å²) in [4.78, 5) is 20.0. The maximum atomic E-state index is 13.1. The van der Waals surface area contributed by atoms with Gasteiger partial charge in [0.2, 0.25) is 6.79 Å². The van der Waals surface area contributed by atoms with E-state index in [-0.39, 0.29) is 12.7 Å². The van der Waals surface area contributed by atoms with Gasteiger partial charge < -0.3 is 18.9 Å². The maximum Gasteiger partial charge on any atom is 0.266 e. The second-order valence-electron chi connectivity index (χ2n) is 6.44. The van der Waals surface area contributed by atoms with Crippen LogP contribution in [-0.2, 0) is 9.53 Å². The molecule has 0 spiro atoms. The van der Waals surface area contributed by atoms with E-state index in [2.05, 4.69) is 4.99 Å². The molecule has 0 aliphatic carbocycles. The number of aliphatic imine (C=N–C) groups is 1. The van der Waals surface area contributed by atoms with Crippen molar-refractivity contribution >= 4 is 34.6 Å². The molecule has 0 aromatic heterocycles. The largest absolute Gasteiger partial charge is 0.496 e. The number of para-hydroxylation sites is 1. The number of ether oxygens (including phenoxy) is 4. The van der Waals surface area contributed by atoms with Crippen LogP contribution in [-0.4, -0.2) is 49.6 Å². The van der Waals surface area contributed by atoms with Gasteiger partial charge in [-0.05, 0) is 43.0 Å². The van der Waals surface area contributed by atoms with E-state index < -0.39 is 0 Å². The van der Waals surface area contributed by atoms with E-state index in [1.54, 1.807) is 24.2 Å². The first-order valence-electron chi connectivity index (χ1n) is 9.60. The normalized spacial score (nSPS) is 17.9. The number of fused-ring (bicyclic) bond motifs is 1. The number of carbonyl (C=O) groups is 1. The summed E-state index contributed by atoms with van der Waals surface area (Å²) < 4.78 is 21.8. The van der Waals surface area contributed by atoms with Crippen molar-refractivity contribution in [2.24, 2.45) is 4.99 Å². The number of hydrogen-bond acceptors (Lipinski definition) is 7. The number of hydrogen-bond donors (Lipinski definition) is 0. The number of benzene rings is 2. The van der Waals surface area contributed by atoms with Gasteiger partial charge in [-0.25, -0.2) is 4.99 Å². The van der Waals surface area contributed by atoms with Crippen molar-refractivity contribution in [1.82, 2.24) is 4.90 Å². The molecule has 2 aliphatic rings. The molecule has 1 saturated heterocycles. The van der Waals surface area contributed by atoms with Crippen molar-refractivity contribution < 1.29 is 23.7 Å². The molecule has 8 heteroatoms. The molecule has 4 rings (SSSR count). The Morgan fingerprint density at radius 1 is 1.20 bits per heavy atom. The molecule has 1 fully saturated rings. The monoisotopic (exact) mass is 426 g/mol. The summed E-state index contributed by atoms with van der Waals surface area (Å²) in [6.45, 7) is 3.57. The molecule has 30 heavy (non-hydrogen) atoms. The van der Waals surface area contributed by atoms with Gasteiger partial charge in [-0.2, -0.15) is 0 Å². The van der Waals surface area contributed by atoms with E-state index in [0.29, 0.717) is 47.1 Å². The zero-order valence-electron chi connectivity index (χ0n) is 16.8. The molecule has 2 aliphatic heterocycles. The highest BCUT2D eigenvalue weighted by Gasteiger charge is 2.33. The summed E-state index contributed by atoms with van der Waals surface area (Å²) in [6.07, 6.45) is 1.80. The third-order valence-electron chi connectivity index (χ3n) is 4.54. The van der Waals surface area contributed by atoms with Crippen LogP contribution in [0.1, 0.15) is 12.5 Å². The van der Waals surface area contributed by atoms with Gasteiger partial charge >= 0.3 is 0 Å². The number of nitrogens with zero attached hydrogens (tertiary/aromatic N) is 2. The quantitative estimate of drug-likeness (QED) is 0.491. The lowest BCUT2D eigenvalue weighted by atomic mass is 10.1. The van der Waals surface area contributed by atoms with E-state index in [1.165, 1.54) is 11.8 Å². The first-order chi connectivity index (χ1) is 14.7. The number of rotatable bonds is 7. The summed E-state index contributed by atoms with van der Waals surface area (Å²) in [5, 5.41) is 0.622. The van der Waals surface area contributed by atoms with Crippen LogP contribution in [0.3, 0.4) is 0 Å². The molecule has 156 valence electrons. The smallest absolute Gasteiger partial charge is 0.266 e. The fourth-order valence-electron chi connectivity index (χ4n) is 3.07. The predicted octanol–water partition coefficient (Wildman–Crippen LogP) is 4.06. The molecule has 2 aromatic carbocycles. The van der Waals surface area contributed by atoms with Crippen molar-refractivity contribution in [2.75, 3.05) is 33.7 Å². The van der Waals surface area contributed by atoms with Crippen LogP contribution >= 0.6 is 11.8 Å². The minimum absolute atomic E-state index is 0.117. The number of amidine groups is 1. The van der Waals surface area contributed by atoms with Gasteiger partial charge in [-0.15, -0.1) is 0 Å². The van der Waals surface area contributed by atoms with Crippen molar-refractivity contribution in [2.45, 2.75) is 6.92 Å². The molecule has 2 heterocycles. The third-order valence-corrected chi connectivity index (χ3v) is 5.55. The lowest BCUT2D eigenvalue weighted by molar-refractivity contribution is -0.122. The summed E-state index contributed by atoms with van der Waals surface area (Å²) in [7, 11) is 1.58. The second kappa shape index (κ2) is 9.23. The van der Waals surface area contributed by atoms with Crippen LogP contribution in [0.4, 0.5) is 5.69 Å². The Bertz CT molecular complexity index is 991. The Morgan fingerprint density at radius 3 is 2.70 bits per heavy atom. The van der Waals surface area contributed by atoms with Crippen molar-refractivity contribution in [3.8, 4) is 17.2 Å². The molecule has 0 bridgehead atoms. The summed E-state index contributed by atoms with van der Waals surface area (Å²) in [6, 6.07) is 13.2. The minimum atomic E-state index is -0.117. The van der Waals surface area contributed by atoms with Gasteiger partial charge in [0.15, 0.2) is 16.7 Å². The van der Waals surface area contributed by atoms with Gasteiger partial charge in [0, 0.05) is 18.2 Å². The molecule has 1 amide bonds. The maximum absolute atomic E-state index is 13.1. The van der Waals surface area contributed by atoms with Gasteiger partial charge in [0.25, 0.3) is 5.91 Å². The number of methoxy groups -OCH3 is 1. The Kier molecular flexibility index (Phi) is 6.25. The zero-order chi connectivity index (χ0) is 20.9. The first kappa shape index (κ1) is 20.3. The average molecular weight is 426 g/mol. The molecule has 2 aromatic rings. The van der Waals surface area contributed by atoms with Crippen LogP contribution in [0.2, 0.25) is 0 Å². The Labute approximate surface area is 179 Å². The Morgan fingerprint density at radius 2 is 1.97 bits per heavy atom. The van der Waals surface area contributed by atoms with E-state index in [0.717, 1.165) is 11.3 Å². The number of thioether (sulfide) groups is 1.